The van der Waals surface area contributed by atoms with Gasteiger partial charge in [-0.3, -0.25) is 4.79 Å². The van der Waals surface area contributed by atoms with Crippen molar-refractivity contribution in [2.24, 2.45) is 0 Å². The molecule has 0 atom stereocenters. The van der Waals surface area contributed by atoms with Gasteiger partial charge in [-0.25, -0.2) is 0 Å². The minimum absolute atomic E-state index is 0.199. The van der Waals surface area contributed by atoms with Gasteiger partial charge in [-0.1, -0.05) is 51.2 Å². The number of anilines is 1. The first-order valence-corrected chi connectivity index (χ1v) is 7.77. The number of hydrogen-bond donors (Lipinski definition) is 2. The van der Waals surface area contributed by atoms with E-state index in [1.54, 1.807) is 0 Å². The molecule has 3 heteroatoms. The van der Waals surface area contributed by atoms with Gasteiger partial charge in [0.05, 0.1) is 0 Å². The van der Waals surface area contributed by atoms with Gasteiger partial charge in [0.1, 0.15) is 0 Å². The van der Waals surface area contributed by atoms with E-state index in [1.165, 1.54) is 38.5 Å². The Morgan fingerprint density at radius 2 is 1.70 bits per heavy atom. The van der Waals surface area contributed by atoms with E-state index in [0.717, 1.165) is 17.8 Å². The van der Waals surface area contributed by atoms with Crippen molar-refractivity contribution in [3.8, 4) is 0 Å². The Morgan fingerprint density at radius 1 is 1.05 bits per heavy atom. The van der Waals surface area contributed by atoms with Crippen LogP contribution in [0.1, 0.15) is 57.4 Å². The number of unbranched alkanes of at least 4 members (excludes halogenated alkanes) is 5. The summed E-state index contributed by atoms with van der Waals surface area (Å²) in [6.45, 7) is 3.25. The molecule has 0 spiro atoms. The molecule has 3 nitrogen and oxygen atoms in total. The van der Waals surface area contributed by atoms with E-state index in [1.807, 2.05) is 24.3 Å². The zero-order valence-electron chi connectivity index (χ0n) is 12.5. The molecule has 2 N–H and O–H groups in total. The van der Waals surface area contributed by atoms with Crippen molar-refractivity contribution in [2.75, 3.05) is 11.9 Å². The second-order valence-corrected chi connectivity index (χ2v) is 5.29. The second kappa shape index (κ2) is 10.3. The Bertz CT molecular complexity index is 373. The molecular formula is C17H27NO2. The molecule has 0 unspecified atom stereocenters. The van der Waals surface area contributed by atoms with Crippen LogP contribution in [0.25, 0.3) is 0 Å². The number of carboxylic acids is 1. The molecule has 1 aromatic rings. The highest BCUT2D eigenvalue weighted by Gasteiger charge is 1.99. The molecule has 0 saturated heterocycles. The van der Waals surface area contributed by atoms with Gasteiger partial charge in [0.25, 0.3) is 0 Å². The van der Waals surface area contributed by atoms with Gasteiger partial charge >= 0.3 is 5.97 Å². The zero-order valence-corrected chi connectivity index (χ0v) is 12.5. The van der Waals surface area contributed by atoms with E-state index in [0.29, 0.717) is 6.42 Å². The van der Waals surface area contributed by atoms with Crippen molar-refractivity contribution < 1.29 is 9.90 Å². The minimum atomic E-state index is -0.740. The maximum Gasteiger partial charge on any atom is 0.303 e. The summed E-state index contributed by atoms with van der Waals surface area (Å²) in [5.41, 5.74) is 2.20. The van der Waals surface area contributed by atoms with Gasteiger partial charge in [0.2, 0.25) is 0 Å². The Kier molecular flexibility index (Phi) is 8.52. The van der Waals surface area contributed by atoms with E-state index >= 15 is 0 Å². The van der Waals surface area contributed by atoms with Crippen LogP contribution < -0.4 is 5.32 Å². The highest BCUT2D eigenvalue weighted by molar-refractivity contribution is 5.67. The number of carboxylic acid groups (broad SMARTS) is 1. The van der Waals surface area contributed by atoms with E-state index in [2.05, 4.69) is 12.2 Å². The highest BCUT2D eigenvalue weighted by Crippen LogP contribution is 2.12. The zero-order chi connectivity index (χ0) is 14.6. The van der Waals surface area contributed by atoms with Gasteiger partial charge in [0.15, 0.2) is 0 Å². The quantitative estimate of drug-likeness (QED) is 0.586. The fourth-order valence-corrected chi connectivity index (χ4v) is 2.18. The first-order valence-electron chi connectivity index (χ1n) is 7.77. The van der Waals surface area contributed by atoms with Gasteiger partial charge in [-0.05, 0) is 30.5 Å². The Labute approximate surface area is 122 Å². The van der Waals surface area contributed by atoms with Gasteiger partial charge in [-0.15, -0.1) is 0 Å². The van der Waals surface area contributed by atoms with Crippen LogP contribution in [0.2, 0.25) is 0 Å². The Hall–Kier alpha value is -1.51. The largest absolute Gasteiger partial charge is 0.481 e. The minimum Gasteiger partial charge on any atom is -0.481 e. The average molecular weight is 277 g/mol. The number of aliphatic carboxylic acids is 1. The predicted octanol–water partition coefficient (Wildman–Crippen LogP) is 4.48. The van der Waals surface area contributed by atoms with E-state index < -0.39 is 5.97 Å². The summed E-state index contributed by atoms with van der Waals surface area (Å²) < 4.78 is 0. The first kappa shape index (κ1) is 16.5. The summed E-state index contributed by atoms with van der Waals surface area (Å²) in [5, 5.41) is 12.0. The molecule has 1 rings (SSSR count). The molecule has 0 saturated carbocycles. The molecule has 0 radical (unpaired) electrons. The molecule has 20 heavy (non-hydrogen) atoms. The van der Waals surface area contributed by atoms with Crippen LogP contribution in [0.3, 0.4) is 0 Å². The summed E-state index contributed by atoms with van der Waals surface area (Å²) in [5.74, 6) is -0.740. The third-order valence-corrected chi connectivity index (χ3v) is 3.44. The maximum atomic E-state index is 10.5. The molecule has 112 valence electrons. The molecule has 0 heterocycles. The third-order valence-electron chi connectivity index (χ3n) is 3.44. The fraction of sp³-hybridized carbons (Fsp3) is 0.588. The van der Waals surface area contributed by atoms with Crippen molar-refractivity contribution in [1.82, 2.24) is 0 Å². The maximum absolute atomic E-state index is 10.5. The molecule has 0 bridgehead atoms. The standard InChI is InChI=1S/C17H27NO2/c1-2-3-4-5-6-7-14-18-16-11-8-15(9-12-16)10-13-17(19)20/h8-9,11-12,18H,2-7,10,13-14H2,1H3,(H,19,20). The van der Waals surface area contributed by atoms with Gasteiger partial charge in [-0.2, -0.15) is 0 Å². The average Bonchev–Trinajstić information content (AvgIpc) is 2.45. The van der Waals surface area contributed by atoms with Crippen LogP contribution >= 0.6 is 0 Å². The summed E-state index contributed by atoms with van der Waals surface area (Å²) in [6, 6.07) is 8.08. The Morgan fingerprint density at radius 3 is 2.35 bits per heavy atom. The van der Waals surface area contributed by atoms with E-state index in [9.17, 15) is 4.79 Å². The highest BCUT2D eigenvalue weighted by atomic mass is 16.4. The monoisotopic (exact) mass is 277 g/mol. The lowest BCUT2D eigenvalue weighted by atomic mass is 10.1. The smallest absolute Gasteiger partial charge is 0.303 e. The number of benzene rings is 1. The summed E-state index contributed by atoms with van der Waals surface area (Å²) in [7, 11) is 0. The second-order valence-electron chi connectivity index (χ2n) is 5.29. The van der Waals surface area contributed by atoms with Crippen LogP contribution in [0.5, 0.6) is 0 Å². The number of nitrogens with one attached hydrogen (secondary N) is 1. The van der Waals surface area contributed by atoms with Gasteiger partial charge in [0, 0.05) is 18.7 Å². The van der Waals surface area contributed by atoms with Gasteiger partial charge < -0.3 is 10.4 Å². The van der Waals surface area contributed by atoms with Crippen LogP contribution in [-0.2, 0) is 11.2 Å². The SMILES string of the molecule is CCCCCCCCNc1ccc(CCC(=O)O)cc1. The lowest BCUT2D eigenvalue weighted by Crippen LogP contribution is -2.02. The predicted molar refractivity (Wildman–Crippen MR) is 84.3 cm³/mol. The Balaban J connectivity index is 2.13. The number of hydrogen-bond acceptors (Lipinski definition) is 2. The van der Waals surface area contributed by atoms with Crippen molar-refractivity contribution in [1.29, 1.82) is 0 Å². The molecular weight excluding hydrogens is 250 g/mol. The molecule has 0 fully saturated rings. The summed E-state index contributed by atoms with van der Waals surface area (Å²) in [4.78, 5) is 10.5. The molecule has 0 aromatic heterocycles. The van der Waals surface area contributed by atoms with Crippen LogP contribution in [0, 0.1) is 0 Å². The van der Waals surface area contributed by atoms with Crippen LogP contribution in [0.4, 0.5) is 5.69 Å². The van der Waals surface area contributed by atoms with Crippen molar-refractivity contribution in [2.45, 2.75) is 58.3 Å². The lowest BCUT2D eigenvalue weighted by Gasteiger charge is -2.07. The number of aryl methyl sites for hydroxylation is 1. The topological polar surface area (TPSA) is 49.3 Å². The first-order chi connectivity index (χ1) is 9.72. The fourth-order valence-electron chi connectivity index (χ4n) is 2.18. The van der Waals surface area contributed by atoms with Crippen molar-refractivity contribution in [3.05, 3.63) is 29.8 Å². The van der Waals surface area contributed by atoms with Crippen molar-refractivity contribution >= 4 is 11.7 Å². The number of rotatable bonds is 11. The summed E-state index contributed by atoms with van der Waals surface area (Å²) >= 11 is 0. The molecule has 0 aliphatic heterocycles. The molecule has 0 aliphatic carbocycles. The van der Waals surface area contributed by atoms with Crippen molar-refractivity contribution in [3.63, 3.8) is 0 Å². The van der Waals surface area contributed by atoms with Crippen LogP contribution in [-0.4, -0.2) is 17.6 Å². The van der Waals surface area contributed by atoms with E-state index in [-0.39, 0.29) is 6.42 Å². The molecule has 1 aromatic carbocycles. The molecule has 0 amide bonds. The molecule has 0 aliphatic rings. The van der Waals surface area contributed by atoms with E-state index in [4.69, 9.17) is 5.11 Å². The third kappa shape index (κ3) is 7.82. The van der Waals surface area contributed by atoms with Crippen LogP contribution in [0.15, 0.2) is 24.3 Å². The number of carbonyl (C=O) groups is 1. The normalized spacial score (nSPS) is 10.4. The summed E-state index contributed by atoms with van der Waals surface area (Å²) in [6.07, 6.45) is 8.65. The lowest BCUT2D eigenvalue weighted by molar-refractivity contribution is -0.136.